The maximum atomic E-state index is 11.7. The molecular weight excluding hydrogens is 312 g/mol. The average Bonchev–Trinajstić information content (AvgIpc) is 2.38. The van der Waals surface area contributed by atoms with Crippen LogP contribution in [0.15, 0.2) is 22.2 Å². The number of carbonyl (C=O) groups is 1. The van der Waals surface area contributed by atoms with Crippen LogP contribution in [0.25, 0.3) is 6.08 Å². The highest BCUT2D eigenvalue weighted by Gasteiger charge is 2.13. The minimum atomic E-state index is -0.384. The quantitative estimate of drug-likeness (QED) is 0.683. The highest BCUT2D eigenvalue weighted by atomic mass is 79.9. The smallest absolute Gasteiger partial charge is 0.264 e. The predicted octanol–water partition coefficient (Wildman–Crippen LogP) is 2.16. The van der Waals surface area contributed by atoms with Crippen LogP contribution in [0.5, 0.6) is 11.5 Å². The molecule has 0 saturated carbocycles. The number of hydrogen-bond donors (Lipinski definition) is 1. The summed E-state index contributed by atoms with van der Waals surface area (Å²) in [5, 5.41) is 18.7. The first-order valence-corrected chi connectivity index (χ1v) is 6.10. The molecule has 0 aliphatic rings. The van der Waals surface area contributed by atoms with Crippen molar-refractivity contribution in [3.63, 3.8) is 0 Å². The molecule has 0 saturated heterocycles. The molecule has 0 aliphatic carbocycles. The molecule has 0 atom stereocenters. The van der Waals surface area contributed by atoms with E-state index in [1.165, 1.54) is 18.1 Å². The first kappa shape index (κ1) is 15.1. The Bertz CT molecular complexity index is 574. The van der Waals surface area contributed by atoms with Crippen molar-refractivity contribution in [2.45, 2.75) is 0 Å². The van der Waals surface area contributed by atoms with E-state index in [2.05, 4.69) is 15.9 Å². The van der Waals surface area contributed by atoms with Crippen LogP contribution in [0.4, 0.5) is 0 Å². The fourth-order valence-corrected chi connectivity index (χ4v) is 1.84. The Balaban J connectivity index is 3.28. The fourth-order valence-electron chi connectivity index (χ4n) is 1.38. The average molecular weight is 325 g/mol. The van der Waals surface area contributed by atoms with Gasteiger partial charge in [-0.1, -0.05) is 0 Å². The van der Waals surface area contributed by atoms with Crippen LogP contribution in [0.2, 0.25) is 0 Å². The van der Waals surface area contributed by atoms with Crippen molar-refractivity contribution in [1.29, 1.82) is 5.26 Å². The van der Waals surface area contributed by atoms with Crippen LogP contribution in [0.1, 0.15) is 5.56 Å². The lowest BCUT2D eigenvalue weighted by atomic mass is 10.1. The standard InChI is InChI=1S/C13H13BrN2O3/c1-16(2)13(18)9(7-15)4-8-5-10(14)12(17)11(6-8)19-3/h4-6,17H,1-3H3/b9-4-. The van der Waals surface area contributed by atoms with Crippen molar-refractivity contribution < 1.29 is 14.6 Å². The molecule has 0 spiro atoms. The Kier molecular flexibility index (Phi) is 4.95. The molecule has 1 aromatic carbocycles. The van der Waals surface area contributed by atoms with Gasteiger partial charge in [0.15, 0.2) is 11.5 Å². The van der Waals surface area contributed by atoms with E-state index in [9.17, 15) is 9.90 Å². The molecule has 1 aromatic rings. The van der Waals surface area contributed by atoms with E-state index in [1.807, 2.05) is 6.07 Å². The molecule has 1 N–H and O–H groups in total. The Hall–Kier alpha value is -2.00. The van der Waals surface area contributed by atoms with Gasteiger partial charge in [0.25, 0.3) is 5.91 Å². The second-order valence-electron chi connectivity index (χ2n) is 3.92. The summed E-state index contributed by atoms with van der Waals surface area (Å²) in [6.45, 7) is 0. The van der Waals surface area contributed by atoms with Gasteiger partial charge in [-0.2, -0.15) is 5.26 Å². The SMILES string of the molecule is COc1cc(/C=C(/C#N)C(=O)N(C)C)cc(Br)c1O. The first-order valence-electron chi connectivity index (χ1n) is 5.30. The number of phenols is 1. The molecule has 0 aliphatic heterocycles. The number of amides is 1. The topological polar surface area (TPSA) is 73.6 Å². The zero-order chi connectivity index (χ0) is 14.6. The number of hydrogen-bond acceptors (Lipinski definition) is 4. The van der Waals surface area contributed by atoms with Crippen molar-refractivity contribution in [3.8, 4) is 17.6 Å². The highest BCUT2D eigenvalue weighted by molar-refractivity contribution is 9.10. The van der Waals surface area contributed by atoms with Gasteiger partial charge in [0, 0.05) is 14.1 Å². The van der Waals surface area contributed by atoms with Crippen LogP contribution >= 0.6 is 15.9 Å². The Morgan fingerprint density at radius 3 is 2.63 bits per heavy atom. The monoisotopic (exact) mass is 324 g/mol. The van der Waals surface area contributed by atoms with Gasteiger partial charge in [0.05, 0.1) is 11.6 Å². The number of carbonyl (C=O) groups excluding carboxylic acids is 1. The van der Waals surface area contributed by atoms with E-state index in [4.69, 9.17) is 10.00 Å². The van der Waals surface area contributed by atoms with Crippen molar-refractivity contribution in [3.05, 3.63) is 27.7 Å². The molecule has 1 amide bonds. The summed E-state index contributed by atoms with van der Waals surface area (Å²) in [4.78, 5) is 13.0. The minimum Gasteiger partial charge on any atom is -0.503 e. The molecule has 0 heterocycles. The molecule has 19 heavy (non-hydrogen) atoms. The zero-order valence-corrected chi connectivity index (χ0v) is 12.4. The summed E-state index contributed by atoms with van der Waals surface area (Å²) in [6, 6.07) is 4.99. The van der Waals surface area contributed by atoms with Gasteiger partial charge in [-0.3, -0.25) is 4.79 Å². The number of rotatable bonds is 3. The molecule has 0 aromatic heterocycles. The van der Waals surface area contributed by atoms with E-state index in [0.717, 1.165) is 0 Å². The maximum Gasteiger partial charge on any atom is 0.264 e. The Morgan fingerprint density at radius 1 is 1.53 bits per heavy atom. The third-order valence-corrected chi connectivity index (χ3v) is 2.94. The van der Waals surface area contributed by atoms with Gasteiger partial charge in [0.1, 0.15) is 11.6 Å². The molecule has 6 heteroatoms. The van der Waals surface area contributed by atoms with E-state index in [-0.39, 0.29) is 23.0 Å². The largest absolute Gasteiger partial charge is 0.503 e. The molecule has 1 rings (SSSR count). The van der Waals surface area contributed by atoms with Gasteiger partial charge >= 0.3 is 0 Å². The van der Waals surface area contributed by atoms with Crippen molar-refractivity contribution in [2.75, 3.05) is 21.2 Å². The van der Waals surface area contributed by atoms with Crippen molar-refractivity contribution >= 4 is 27.9 Å². The number of methoxy groups -OCH3 is 1. The lowest BCUT2D eigenvalue weighted by molar-refractivity contribution is -0.124. The van der Waals surface area contributed by atoms with E-state index in [1.54, 1.807) is 26.2 Å². The van der Waals surface area contributed by atoms with Crippen LogP contribution in [0.3, 0.4) is 0 Å². The Labute approximate surface area is 119 Å². The van der Waals surface area contributed by atoms with Crippen LogP contribution in [-0.2, 0) is 4.79 Å². The third kappa shape index (κ3) is 3.48. The summed E-state index contributed by atoms with van der Waals surface area (Å²) < 4.78 is 5.43. The molecule has 0 unspecified atom stereocenters. The number of nitrogens with zero attached hydrogens (tertiary/aromatic N) is 2. The molecule has 5 nitrogen and oxygen atoms in total. The normalized spacial score (nSPS) is 10.8. The van der Waals surface area contributed by atoms with E-state index >= 15 is 0 Å². The number of benzene rings is 1. The van der Waals surface area contributed by atoms with Gasteiger partial charge in [-0.05, 0) is 39.7 Å². The number of ether oxygens (including phenoxy) is 1. The van der Waals surface area contributed by atoms with Gasteiger partial charge in [-0.25, -0.2) is 0 Å². The zero-order valence-electron chi connectivity index (χ0n) is 10.8. The van der Waals surface area contributed by atoms with E-state index < -0.39 is 0 Å². The second kappa shape index (κ2) is 6.25. The highest BCUT2D eigenvalue weighted by Crippen LogP contribution is 2.35. The molecule has 100 valence electrons. The van der Waals surface area contributed by atoms with E-state index in [0.29, 0.717) is 10.0 Å². The van der Waals surface area contributed by atoms with Crippen LogP contribution in [-0.4, -0.2) is 37.1 Å². The number of likely N-dealkylation sites (N-methyl/N-ethyl adjacent to an activating group) is 1. The van der Waals surface area contributed by atoms with Gasteiger partial charge in [-0.15, -0.1) is 0 Å². The fraction of sp³-hybridized carbons (Fsp3) is 0.231. The van der Waals surface area contributed by atoms with Gasteiger partial charge in [0.2, 0.25) is 0 Å². The van der Waals surface area contributed by atoms with Crippen molar-refractivity contribution in [1.82, 2.24) is 4.90 Å². The van der Waals surface area contributed by atoms with Gasteiger partial charge < -0.3 is 14.7 Å². The lowest BCUT2D eigenvalue weighted by Gasteiger charge is -2.10. The summed E-state index contributed by atoms with van der Waals surface area (Å²) in [5.74, 6) is -0.155. The molecular formula is C13H13BrN2O3. The summed E-state index contributed by atoms with van der Waals surface area (Å²) in [7, 11) is 4.56. The molecule has 0 fully saturated rings. The lowest BCUT2D eigenvalue weighted by Crippen LogP contribution is -2.22. The second-order valence-corrected chi connectivity index (χ2v) is 4.78. The minimum absolute atomic E-state index is 0.00430. The third-order valence-electron chi connectivity index (χ3n) is 2.34. The predicted molar refractivity (Wildman–Crippen MR) is 74.6 cm³/mol. The molecule has 0 radical (unpaired) electrons. The number of nitriles is 1. The Morgan fingerprint density at radius 2 is 2.16 bits per heavy atom. The van der Waals surface area contributed by atoms with Crippen LogP contribution in [0, 0.1) is 11.3 Å². The summed E-state index contributed by atoms with van der Waals surface area (Å²) in [6.07, 6.45) is 1.44. The first-order chi connectivity index (χ1) is 8.90. The molecule has 0 bridgehead atoms. The maximum absolute atomic E-state index is 11.7. The number of halogens is 1. The number of aromatic hydroxyl groups is 1. The van der Waals surface area contributed by atoms with Crippen molar-refractivity contribution in [2.24, 2.45) is 0 Å². The van der Waals surface area contributed by atoms with Crippen LogP contribution < -0.4 is 4.74 Å². The summed E-state index contributed by atoms with van der Waals surface area (Å²) in [5.41, 5.74) is 0.581. The summed E-state index contributed by atoms with van der Waals surface area (Å²) >= 11 is 3.18. The number of phenolic OH excluding ortho intramolecular Hbond substituents is 1.